The predicted octanol–water partition coefficient (Wildman–Crippen LogP) is 2.85. The van der Waals surface area contributed by atoms with Gasteiger partial charge in [0.1, 0.15) is 13.2 Å². The quantitative estimate of drug-likeness (QED) is 0.902. The van der Waals surface area contributed by atoms with Crippen LogP contribution in [0, 0.1) is 0 Å². The third kappa shape index (κ3) is 2.56. The second kappa shape index (κ2) is 5.52. The fourth-order valence-electron chi connectivity index (χ4n) is 2.10. The average Bonchev–Trinajstić information content (AvgIpc) is 2.37. The Balaban J connectivity index is 2.44. The molecule has 1 aliphatic heterocycles. The van der Waals surface area contributed by atoms with Crippen molar-refractivity contribution in [2.45, 2.75) is 25.7 Å². The van der Waals surface area contributed by atoms with Gasteiger partial charge in [-0.3, -0.25) is 0 Å². The van der Waals surface area contributed by atoms with Gasteiger partial charge in [-0.2, -0.15) is 0 Å². The molecule has 5 heteroatoms. The van der Waals surface area contributed by atoms with Crippen LogP contribution in [0.5, 0.6) is 11.5 Å². The normalized spacial score (nSPS) is 15.8. The van der Waals surface area contributed by atoms with Gasteiger partial charge in [0.2, 0.25) is 0 Å². The molecular weight excluding hydrogens is 240 g/mol. The van der Waals surface area contributed by atoms with Gasteiger partial charge in [-0.15, -0.1) is 0 Å². The summed E-state index contributed by atoms with van der Waals surface area (Å²) in [6.07, 6.45) is -1.78. The van der Waals surface area contributed by atoms with E-state index in [2.05, 4.69) is 0 Å². The summed E-state index contributed by atoms with van der Waals surface area (Å²) in [5.74, 6) is 1.08. The molecule has 1 aromatic carbocycles. The number of alkyl halides is 2. The van der Waals surface area contributed by atoms with Gasteiger partial charge in [0.15, 0.2) is 11.5 Å². The van der Waals surface area contributed by atoms with E-state index in [-0.39, 0.29) is 11.5 Å². The molecule has 0 saturated heterocycles. The van der Waals surface area contributed by atoms with Gasteiger partial charge < -0.3 is 15.2 Å². The molecule has 100 valence electrons. The standard InChI is InChI=1S/C13H17F2NO2/c1-8(2-3-16)10-6-9(13(14)15)7-11-12(10)18-5-4-17-11/h6-8,13H,2-5,16H2,1H3. The number of hydrogen-bond acceptors (Lipinski definition) is 3. The maximum atomic E-state index is 12.8. The molecule has 1 atom stereocenters. The number of benzene rings is 1. The SMILES string of the molecule is CC(CCN)c1cc(C(F)F)cc2c1OCCO2. The zero-order valence-electron chi connectivity index (χ0n) is 10.3. The van der Waals surface area contributed by atoms with E-state index in [1.165, 1.54) is 12.1 Å². The van der Waals surface area contributed by atoms with Crippen LogP contribution < -0.4 is 15.2 Å². The Kier molecular flexibility index (Phi) is 4.01. The summed E-state index contributed by atoms with van der Waals surface area (Å²) in [5.41, 5.74) is 6.25. The zero-order valence-corrected chi connectivity index (χ0v) is 10.3. The van der Waals surface area contributed by atoms with Crippen molar-refractivity contribution in [2.75, 3.05) is 19.8 Å². The maximum Gasteiger partial charge on any atom is 0.263 e. The van der Waals surface area contributed by atoms with Gasteiger partial charge in [0.25, 0.3) is 6.43 Å². The first-order valence-electron chi connectivity index (χ1n) is 6.05. The van der Waals surface area contributed by atoms with E-state index in [1.807, 2.05) is 6.92 Å². The van der Waals surface area contributed by atoms with Crippen LogP contribution in [0.2, 0.25) is 0 Å². The molecule has 1 heterocycles. The molecule has 1 aromatic rings. The minimum absolute atomic E-state index is 0.0295. The van der Waals surface area contributed by atoms with Crippen LogP contribution in [0.3, 0.4) is 0 Å². The summed E-state index contributed by atoms with van der Waals surface area (Å²) < 4.78 is 36.6. The van der Waals surface area contributed by atoms with E-state index in [0.717, 1.165) is 12.0 Å². The Morgan fingerprint density at radius 2 is 2.00 bits per heavy atom. The summed E-state index contributed by atoms with van der Waals surface area (Å²) in [7, 11) is 0. The number of hydrogen-bond donors (Lipinski definition) is 1. The average molecular weight is 257 g/mol. The fourth-order valence-corrected chi connectivity index (χ4v) is 2.10. The largest absolute Gasteiger partial charge is 0.486 e. The van der Waals surface area contributed by atoms with Crippen LogP contribution in [0.25, 0.3) is 0 Å². The monoisotopic (exact) mass is 257 g/mol. The molecule has 0 aromatic heterocycles. The molecule has 2 N–H and O–H groups in total. The first-order chi connectivity index (χ1) is 8.63. The van der Waals surface area contributed by atoms with Crippen molar-refractivity contribution in [1.82, 2.24) is 0 Å². The summed E-state index contributed by atoms with van der Waals surface area (Å²) in [5, 5.41) is 0. The van der Waals surface area contributed by atoms with Gasteiger partial charge >= 0.3 is 0 Å². The Hall–Kier alpha value is -1.36. The Bertz CT molecular complexity index is 424. The second-order valence-electron chi connectivity index (χ2n) is 4.41. The highest BCUT2D eigenvalue weighted by atomic mass is 19.3. The van der Waals surface area contributed by atoms with Gasteiger partial charge in [0, 0.05) is 11.1 Å². The van der Waals surface area contributed by atoms with Crippen molar-refractivity contribution in [3.05, 3.63) is 23.3 Å². The molecule has 0 aliphatic carbocycles. The lowest BCUT2D eigenvalue weighted by Crippen LogP contribution is -2.18. The Morgan fingerprint density at radius 3 is 2.67 bits per heavy atom. The number of ether oxygens (including phenoxy) is 2. The molecule has 0 amide bonds. The van der Waals surface area contributed by atoms with Crippen molar-refractivity contribution >= 4 is 0 Å². The zero-order chi connectivity index (χ0) is 13.1. The minimum Gasteiger partial charge on any atom is -0.486 e. The molecule has 1 aliphatic rings. The third-order valence-electron chi connectivity index (χ3n) is 3.08. The van der Waals surface area contributed by atoms with E-state index in [4.69, 9.17) is 15.2 Å². The molecular formula is C13H17F2NO2. The van der Waals surface area contributed by atoms with Crippen molar-refractivity contribution in [3.8, 4) is 11.5 Å². The van der Waals surface area contributed by atoms with Gasteiger partial charge in [0.05, 0.1) is 0 Å². The third-order valence-corrected chi connectivity index (χ3v) is 3.08. The van der Waals surface area contributed by atoms with E-state index in [1.54, 1.807) is 0 Å². The maximum absolute atomic E-state index is 12.8. The van der Waals surface area contributed by atoms with Crippen LogP contribution >= 0.6 is 0 Å². The second-order valence-corrected chi connectivity index (χ2v) is 4.41. The number of fused-ring (bicyclic) bond motifs is 1. The predicted molar refractivity (Wildman–Crippen MR) is 64.5 cm³/mol. The molecule has 0 bridgehead atoms. The number of halogens is 2. The van der Waals surface area contributed by atoms with E-state index in [0.29, 0.717) is 31.3 Å². The topological polar surface area (TPSA) is 44.5 Å². The van der Waals surface area contributed by atoms with Crippen LogP contribution in [0.4, 0.5) is 8.78 Å². The van der Waals surface area contributed by atoms with Gasteiger partial charge in [-0.1, -0.05) is 6.92 Å². The van der Waals surface area contributed by atoms with Crippen molar-refractivity contribution < 1.29 is 18.3 Å². The van der Waals surface area contributed by atoms with Crippen molar-refractivity contribution in [2.24, 2.45) is 5.73 Å². The summed E-state index contributed by atoms with van der Waals surface area (Å²) in [6, 6.07) is 2.86. The number of rotatable bonds is 4. The highest BCUT2D eigenvalue weighted by Gasteiger charge is 2.23. The van der Waals surface area contributed by atoms with Crippen LogP contribution in [0.1, 0.15) is 36.8 Å². The van der Waals surface area contributed by atoms with Crippen LogP contribution in [0.15, 0.2) is 12.1 Å². The van der Waals surface area contributed by atoms with E-state index >= 15 is 0 Å². The van der Waals surface area contributed by atoms with Crippen LogP contribution in [-0.4, -0.2) is 19.8 Å². The van der Waals surface area contributed by atoms with E-state index in [9.17, 15) is 8.78 Å². The Labute approximate surface area is 105 Å². The lowest BCUT2D eigenvalue weighted by molar-refractivity contribution is 0.146. The molecule has 0 spiro atoms. The molecule has 1 unspecified atom stereocenters. The summed E-state index contributed by atoms with van der Waals surface area (Å²) >= 11 is 0. The van der Waals surface area contributed by atoms with Gasteiger partial charge in [-0.25, -0.2) is 8.78 Å². The molecule has 3 nitrogen and oxygen atoms in total. The molecule has 0 fully saturated rings. The van der Waals surface area contributed by atoms with Gasteiger partial charge in [-0.05, 0) is 31.0 Å². The highest BCUT2D eigenvalue weighted by Crippen LogP contribution is 2.41. The molecule has 2 rings (SSSR count). The fraction of sp³-hybridized carbons (Fsp3) is 0.538. The Morgan fingerprint density at radius 1 is 1.28 bits per heavy atom. The molecule has 18 heavy (non-hydrogen) atoms. The smallest absolute Gasteiger partial charge is 0.263 e. The summed E-state index contributed by atoms with van der Waals surface area (Å²) in [6.45, 7) is 3.30. The minimum atomic E-state index is -2.51. The lowest BCUT2D eigenvalue weighted by atomic mass is 9.94. The summed E-state index contributed by atoms with van der Waals surface area (Å²) in [4.78, 5) is 0. The van der Waals surface area contributed by atoms with Crippen LogP contribution in [-0.2, 0) is 0 Å². The first-order valence-corrected chi connectivity index (χ1v) is 6.05. The van der Waals surface area contributed by atoms with E-state index < -0.39 is 6.43 Å². The molecule has 0 saturated carbocycles. The highest BCUT2D eigenvalue weighted by molar-refractivity contribution is 5.52. The lowest BCUT2D eigenvalue weighted by Gasteiger charge is -2.24. The van der Waals surface area contributed by atoms with Crippen molar-refractivity contribution in [3.63, 3.8) is 0 Å². The number of nitrogens with two attached hydrogens (primary N) is 1. The van der Waals surface area contributed by atoms with Crippen molar-refractivity contribution in [1.29, 1.82) is 0 Å². The first kappa shape index (κ1) is 13.1. The molecule has 0 radical (unpaired) electrons.